The van der Waals surface area contributed by atoms with Crippen LogP contribution in [-0.2, 0) is 12.7 Å². The highest BCUT2D eigenvalue weighted by atomic mass is 79.9. The minimum atomic E-state index is -4.47. The molecule has 1 aromatic heterocycles. The van der Waals surface area contributed by atoms with Gasteiger partial charge in [-0.25, -0.2) is 4.98 Å². The Labute approximate surface area is 154 Å². The number of aromatic nitrogens is 2. The average Bonchev–Trinajstić information content (AvgIpc) is 2.97. The SMILES string of the molecule is O=c1c2ccc(C(F)(F)F)cc2nc2n1CC/C2=C\c1cccc(Br)c1. The number of rotatable bonds is 1. The first kappa shape index (κ1) is 17.0. The molecule has 0 fully saturated rings. The van der Waals surface area contributed by atoms with Crippen LogP contribution in [-0.4, -0.2) is 9.55 Å². The molecule has 2 heterocycles. The third-order valence-electron chi connectivity index (χ3n) is 4.36. The summed E-state index contributed by atoms with van der Waals surface area (Å²) in [7, 11) is 0. The summed E-state index contributed by atoms with van der Waals surface area (Å²) in [6.45, 7) is 0.470. The molecule has 4 rings (SSSR count). The summed E-state index contributed by atoms with van der Waals surface area (Å²) >= 11 is 3.41. The summed E-state index contributed by atoms with van der Waals surface area (Å²) in [5.74, 6) is 0.432. The van der Waals surface area contributed by atoms with E-state index in [1.807, 2.05) is 30.3 Å². The van der Waals surface area contributed by atoms with Crippen LogP contribution in [0, 0.1) is 0 Å². The number of alkyl halides is 3. The first-order valence-electron chi connectivity index (χ1n) is 7.91. The number of allylic oxidation sites excluding steroid dienone is 1. The Bertz CT molecular complexity index is 1120. The number of hydrogen-bond donors (Lipinski definition) is 0. The molecule has 0 radical (unpaired) electrons. The molecule has 0 spiro atoms. The minimum Gasteiger partial charge on any atom is -0.292 e. The molecule has 0 saturated heterocycles. The van der Waals surface area contributed by atoms with Gasteiger partial charge in [0.15, 0.2) is 0 Å². The van der Waals surface area contributed by atoms with Gasteiger partial charge in [0.1, 0.15) is 5.82 Å². The van der Waals surface area contributed by atoms with E-state index in [2.05, 4.69) is 20.9 Å². The molecule has 0 unspecified atom stereocenters. The van der Waals surface area contributed by atoms with E-state index in [1.54, 1.807) is 0 Å². The highest BCUT2D eigenvalue weighted by molar-refractivity contribution is 9.10. The summed E-state index contributed by atoms with van der Waals surface area (Å²) < 4.78 is 41.3. The third-order valence-corrected chi connectivity index (χ3v) is 4.86. The molecule has 0 N–H and O–H groups in total. The van der Waals surface area contributed by atoms with Crippen LogP contribution in [0.3, 0.4) is 0 Å². The molecule has 3 nitrogen and oxygen atoms in total. The van der Waals surface area contributed by atoms with Crippen LogP contribution in [0.2, 0.25) is 0 Å². The zero-order valence-corrected chi connectivity index (χ0v) is 14.9. The Kier molecular flexibility index (Phi) is 3.99. The van der Waals surface area contributed by atoms with Gasteiger partial charge in [0, 0.05) is 11.0 Å². The van der Waals surface area contributed by atoms with Crippen LogP contribution in [0.15, 0.2) is 51.7 Å². The zero-order valence-electron chi connectivity index (χ0n) is 13.3. The van der Waals surface area contributed by atoms with Gasteiger partial charge in [-0.15, -0.1) is 0 Å². The summed E-state index contributed by atoms with van der Waals surface area (Å²) in [5.41, 5.74) is 0.715. The molecule has 0 amide bonds. The number of halogens is 4. The molecule has 2 aromatic carbocycles. The van der Waals surface area contributed by atoms with Crippen molar-refractivity contribution >= 4 is 38.5 Å². The van der Waals surface area contributed by atoms with Crippen molar-refractivity contribution in [2.24, 2.45) is 0 Å². The van der Waals surface area contributed by atoms with Gasteiger partial charge in [-0.2, -0.15) is 13.2 Å². The number of hydrogen-bond acceptors (Lipinski definition) is 2. The molecule has 0 aliphatic carbocycles. The summed E-state index contributed by atoms with van der Waals surface area (Å²) in [6, 6.07) is 10.7. The maximum atomic E-state index is 13.0. The minimum absolute atomic E-state index is 0.0677. The van der Waals surface area contributed by atoms with Crippen molar-refractivity contribution in [3.63, 3.8) is 0 Å². The molecular weight excluding hydrogens is 409 g/mol. The Morgan fingerprint density at radius 3 is 2.69 bits per heavy atom. The Morgan fingerprint density at radius 2 is 1.96 bits per heavy atom. The smallest absolute Gasteiger partial charge is 0.292 e. The van der Waals surface area contributed by atoms with Crippen LogP contribution in [0.25, 0.3) is 22.6 Å². The van der Waals surface area contributed by atoms with Crippen molar-refractivity contribution in [2.75, 3.05) is 0 Å². The molecule has 0 atom stereocenters. The van der Waals surface area contributed by atoms with Crippen LogP contribution in [0.4, 0.5) is 13.2 Å². The molecule has 7 heteroatoms. The number of benzene rings is 2. The van der Waals surface area contributed by atoms with Gasteiger partial charge in [-0.3, -0.25) is 9.36 Å². The summed E-state index contributed by atoms with van der Waals surface area (Å²) in [4.78, 5) is 17.0. The quantitative estimate of drug-likeness (QED) is 0.547. The van der Waals surface area contributed by atoms with Crippen molar-refractivity contribution in [1.82, 2.24) is 9.55 Å². The molecule has 132 valence electrons. The van der Waals surface area contributed by atoms with Crippen LogP contribution in [0.5, 0.6) is 0 Å². The van der Waals surface area contributed by atoms with E-state index in [0.717, 1.165) is 27.7 Å². The maximum absolute atomic E-state index is 13.0. The lowest BCUT2D eigenvalue weighted by Gasteiger charge is -2.09. The van der Waals surface area contributed by atoms with Crippen LogP contribution < -0.4 is 5.56 Å². The molecule has 1 aliphatic heterocycles. The van der Waals surface area contributed by atoms with Crippen molar-refractivity contribution in [3.8, 4) is 0 Å². The van der Waals surface area contributed by atoms with Gasteiger partial charge >= 0.3 is 6.18 Å². The number of nitrogens with zero attached hydrogens (tertiary/aromatic N) is 2. The van der Waals surface area contributed by atoms with E-state index in [1.165, 1.54) is 10.6 Å². The van der Waals surface area contributed by atoms with Crippen LogP contribution >= 0.6 is 15.9 Å². The summed E-state index contributed by atoms with van der Waals surface area (Å²) in [5, 5.41) is 0.199. The lowest BCUT2D eigenvalue weighted by atomic mass is 10.1. The third kappa shape index (κ3) is 2.96. The second-order valence-corrected chi connectivity index (χ2v) is 7.01. The second kappa shape index (κ2) is 6.09. The van der Waals surface area contributed by atoms with E-state index < -0.39 is 11.7 Å². The largest absolute Gasteiger partial charge is 0.416 e. The first-order valence-corrected chi connectivity index (χ1v) is 8.70. The van der Waals surface area contributed by atoms with E-state index in [0.29, 0.717) is 18.8 Å². The topological polar surface area (TPSA) is 34.9 Å². The molecule has 1 aliphatic rings. The molecular formula is C19H12BrF3N2O. The molecule has 0 bridgehead atoms. The highest BCUT2D eigenvalue weighted by Crippen LogP contribution is 2.32. The van der Waals surface area contributed by atoms with Crippen LogP contribution in [0.1, 0.15) is 23.4 Å². The fourth-order valence-corrected chi connectivity index (χ4v) is 3.55. The number of fused-ring (bicyclic) bond motifs is 2. The predicted octanol–water partition coefficient (Wildman–Crippen LogP) is 5.12. The monoisotopic (exact) mass is 420 g/mol. The van der Waals surface area contributed by atoms with Gasteiger partial charge < -0.3 is 0 Å². The molecule has 26 heavy (non-hydrogen) atoms. The van der Waals surface area contributed by atoms with E-state index >= 15 is 0 Å². The van der Waals surface area contributed by atoms with Crippen molar-refractivity contribution < 1.29 is 13.2 Å². The van der Waals surface area contributed by atoms with Gasteiger partial charge in [0.05, 0.1) is 16.5 Å². The molecule has 0 saturated carbocycles. The van der Waals surface area contributed by atoms with Crippen molar-refractivity contribution in [2.45, 2.75) is 19.1 Å². The Balaban J connectivity index is 1.89. The Hall–Kier alpha value is -2.41. The fraction of sp³-hybridized carbons (Fsp3) is 0.158. The fourth-order valence-electron chi connectivity index (χ4n) is 3.13. The standard InChI is InChI=1S/C19H12BrF3N2O/c20-14-3-1-2-11(9-14)8-12-6-7-25-17(12)24-16-10-13(19(21,22)23)4-5-15(16)18(25)26/h1-5,8-10H,6-7H2/b12-8+. The van der Waals surface area contributed by atoms with Gasteiger partial charge in [0.25, 0.3) is 5.56 Å². The van der Waals surface area contributed by atoms with E-state index in [9.17, 15) is 18.0 Å². The average molecular weight is 421 g/mol. The maximum Gasteiger partial charge on any atom is 0.416 e. The normalized spacial score (nSPS) is 15.6. The Morgan fingerprint density at radius 1 is 1.15 bits per heavy atom. The molecule has 3 aromatic rings. The van der Waals surface area contributed by atoms with E-state index in [-0.39, 0.29) is 16.5 Å². The lowest BCUT2D eigenvalue weighted by molar-refractivity contribution is -0.137. The van der Waals surface area contributed by atoms with Gasteiger partial charge in [-0.1, -0.05) is 28.1 Å². The van der Waals surface area contributed by atoms with Crippen molar-refractivity contribution in [3.05, 3.63) is 74.2 Å². The van der Waals surface area contributed by atoms with E-state index in [4.69, 9.17) is 0 Å². The van der Waals surface area contributed by atoms with Gasteiger partial charge in [-0.05, 0) is 54.0 Å². The van der Waals surface area contributed by atoms with Crippen molar-refractivity contribution in [1.29, 1.82) is 0 Å². The van der Waals surface area contributed by atoms with Gasteiger partial charge in [0.2, 0.25) is 0 Å². The lowest BCUT2D eigenvalue weighted by Crippen LogP contribution is -2.21. The highest BCUT2D eigenvalue weighted by Gasteiger charge is 2.31. The summed E-state index contributed by atoms with van der Waals surface area (Å²) in [6.07, 6.45) is -1.95. The second-order valence-electron chi connectivity index (χ2n) is 6.10. The predicted molar refractivity (Wildman–Crippen MR) is 97.6 cm³/mol. The zero-order chi connectivity index (χ0) is 18.5. The first-order chi connectivity index (χ1) is 12.3.